The molecule has 3 rings (SSSR count). The number of rotatable bonds is 1. The zero-order valence-electron chi connectivity index (χ0n) is 11.0. The molecule has 1 aliphatic carbocycles. The molecule has 0 aromatic rings. The van der Waals surface area contributed by atoms with Crippen molar-refractivity contribution in [3.8, 4) is 0 Å². The summed E-state index contributed by atoms with van der Waals surface area (Å²) in [5.74, 6) is 2.54. The van der Waals surface area contributed by atoms with Crippen molar-refractivity contribution >= 4 is 0 Å². The highest BCUT2D eigenvalue weighted by atomic mass is 16.3. The van der Waals surface area contributed by atoms with Gasteiger partial charge >= 0.3 is 0 Å². The minimum Gasteiger partial charge on any atom is -0.388 e. The number of hydrogen-bond donors (Lipinski definition) is 1. The average Bonchev–Trinajstić information content (AvgIpc) is 2.71. The van der Waals surface area contributed by atoms with Crippen LogP contribution in [0.4, 0.5) is 0 Å². The standard InChI is InChI=1S/C14H25NO/c1-9(2)14(16)8-15-7-10(3)11-5-6-12(14)13(11,15)4/h9-12,16H,5-8H2,1-4H3/t10-,11+,12+,13-,14+/m1/s1. The van der Waals surface area contributed by atoms with E-state index in [0.717, 1.165) is 18.4 Å². The average molecular weight is 223 g/mol. The fourth-order valence-corrected chi connectivity index (χ4v) is 5.17. The van der Waals surface area contributed by atoms with Gasteiger partial charge in [0.1, 0.15) is 0 Å². The zero-order chi connectivity index (χ0) is 11.7. The van der Waals surface area contributed by atoms with E-state index < -0.39 is 5.60 Å². The summed E-state index contributed by atoms with van der Waals surface area (Å²) in [6.45, 7) is 11.3. The van der Waals surface area contributed by atoms with Crippen LogP contribution in [0.3, 0.4) is 0 Å². The number of β-amino-alcohol motifs (C(OH)–C–C–N with tert-alkyl or cyclic N) is 1. The molecule has 1 N–H and O–H groups in total. The molecule has 0 aromatic carbocycles. The van der Waals surface area contributed by atoms with Crippen molar-refractivity contribution in [2.75, 3.05) is 13.1 Å². The van der Waals surface area contributed by atoms with Crippen molar-refractivity contribution in [2.24, 2.45) is 23.7 Å². The summed E-state index contributed by atoms with van der Waals surface area (Å²) < 4.78 is 0. The van der Waals surface area contributed by atoms with Gasteiger partial charge in [-0.15, -0.1) is 0 Å². The third-order valence-electron chi connectivity index (χ3n) is 6.15. The highest BCUT2D eigenvalue weighted by Gasteiger charge is 2.68. The largest absolute Gasteiger partial charge is 0.388 e. The van der Waals surface area contributed by atoms with E-state index in [1.165, 1.54) is 19.4 Å². The molecule has 0 unspecified atom stereocenters. The van der Waals surface area contributed by atoms with Crippen molar-refractivity contribution < 1.29 is 5.11 Å². The van der Waals surface area contributed by atoms with Gasteiger partial charge in [0.05, 0.1) is 5.60 Å². The highest BCUT2D eigenvalue weighted by Crippen LogP contribution is 2.61. The Morgan fingerprint density at radius 3 is 2.62 bits per heavy atom. The second-order valence-electron chi connectivity index (χ2n) is 6.97. The van der Waals surface area contributed by atoms with Gasteiger partial charge < -0.3 is 5.11 Å². The Morgan fingerprint density at radius 1 is 1.31 bits per heavy atom. The molecule has 1 saturated carbocycles. The van der Waals surface area contributed by atoms with Crippen LogP contribution in [0.2, 0.25) is 0 Å². The van der Waals surface area contributed by atoms with Crippen LogP contribution in [0.1, 0.15) is 40.5 Å². The van der Waals surface area contributed by atoms with Gasteiger partial charge in [0.2, 0.25) is 0 Å². The SMILES string of the molecule is CC(C)[C@@]1(O)CN2C[C@@H](C)[C@@H]3CC[C@H]1[C@@]32C. The maximum absolute atomic E-state index is 11.0. The Bertz CT molecular complexity index is 316. The lowest BCUT2D eigenvalue weighted by Crippen LogP contribution is -2.46. The fourth-order valence-electron chi connectivity index (χ4n) is 5.17. The third kappa shape index (κ3) is 1.01. The third-order valence-corrected chi connectivity index (χ3v) is 6.15. The first-order chi connectivity index (χ1) is 7.40. The normalized spacial score (nSPS) is 56.2. The Morgan fingerprint density at radius 2 is 2.00 bits per heavy atom. The van der Waals surface area contributed by atoms with Crippen LogP contribution in [-0.4, -0.2) is 34.2 Å². The summed E-state index contributed by atoms with van der Waals surface area (Å²) in [7, 11) is 0. The summed E-state index contributed by atoms with van der Waals surface area (Å²) in [6.07, 6.45) is 2.56. The van der Waals surface area contributed by atoms with Gasteiger partial charge in [-0.3, -0.25) is 4.90 Å². The maximum atomic E-state index is 11.0. The predicted octanol–water partition coefficient (Wildman–Crippen LogP) is 2.12. The first-order valence-electron chi connectivity index (χ1n) is 6.88. The van der Waals surface area contributed by atoms with E-state index >= 15 is 0 Å². The molecular weight excluding hydrogens is 198 g/mol. The minimum atomic E-state index is -0.427. The lowest BCUT2D eigenvalue weighted by molar-refractivity contribution is -0.0377. The highest BCUT2D eigenvalue weighted by molar-refractivity contribution is 5.21. The molecule has 2 heteroatoms. The van der Waals surface area contributed by atoms with Crippen LogP contribution in [0, 0.1) is 23.7 Å². The molecule has 5 atom stereocenters. The molecule has 92 valence electrons. The van der Waals surface area contributed by atoms with E-state index in [0.29, 0.717) is 17.4 Å². The molecule has 3 aliphatic rings. The molecule has 0 aromatic heterocycles. The number of aliphatic hydroxyl groups is 1. The van der Waals surface area contributed by atoms with Gasteiger partial charge in [0, 0.05) is 24.5 Å². The number of hydrogen-bond acceptors (Lipinski definition) is 2. The van der Waals surface area contributed by atoms with Gasteiger partial charge in [-0.1, -0.05) is 20.8 Å². The molecule has 2 saturated heterocycles. The molecule has 0 spiro atoms. The Hall–Kier alpha value is -0.0800. The van der Waals surface area contributed by atoms with E-state index in [2.05, 4.69) is 32.6 Å². The molecule has 2 heterocycles. The smallest absolute Gasteiger partial charge is 0.0842 e. The lowest BCUT2D eigenvalue weighted by Gasteiger charge is -2.37. The van der Waals surface area contributed by atoms with E-state index in [4.69, 9.17) is 0 Å². The van der Waals surface area contributed by atoms with Crippen LogP contribution in [0.15, 0.2) is 0 Å². The van der Waals surface area contributed by atoms with Crippen LogP contribution in [0.5, 0.6) is 0 Å². The Balaban J connectivity index is 2.01. The van der Waals surface area contributed by atoms with Crippen LogP contribution in [-0.2, 0) is 0 Å². The molecule has 0 bridgehead atoms. The van der Waals surface area contributed by atoms with Crippen LogP contribution in [0.25, 0.3) is 0 Å². The van der Waals surface area contributed by atoms with Crippen molar-refractivity contribution in [3.05, 3.63) is 0 Å². The van der Waals surface area contributed by atoms with Crippen LogP contribution < -0.4 is 0 Å². The Labute approximate surface area is 99.0 Å². The minimum absolute atomic E-state index is 0.304. The second-order valence-corrected chi connectivity index (χ2v) is 6.97. The topological polar surface area (TPSA) is 23.5 Å². The number of nitrogens with zero attached hydrogens (tertiary/aromatic N) is 1. The molecule has 0 radical (unpaired) electrons. The summed E-state index contributed by atoms with van der Waals surface area (Å²) in [6, 6.07) is 0. The van der Waals surface area contributed by atoms with E-state index in [9.17, 15) is 5.11 Å². The van der Waals surface area contributed by atoms with Crippen molar-refractivity contribution in [1.82, 2.24) is 4.90 Å². The van der Waals surface area contributed by atoms with E-state index in [1.54, 1.807) is 0 Å². The maximum Gasteiger partial charge on any atom is 0.0842 e. The second kappa shape index (κ2) is 3.02. The molecular formula is C14H25NO. The first kappa shape index (κ1) is 11.0. The summed E-state index contributed by atoms with van der Waals surface area (Å²) >= 11 is 0. The van der Waals surface area contributed by atoms with Crippen molar-refractivity contribution in [3.63, 3.8) is 0 Å². The van der Waals surface area contributed by atoms with E-state index in [-0.39, 0.29) is 0 Å². The van der Waals surface area contributed by atoms with Crippen LogP contribution >= 0.6 is 0 Å². The quantitative estimate of drug-likeness (QED) is 0.736. The first-order valence-corrected chi connectivity index (χ1v) is 6.88. The van der Waals surface area contributed by atoms with Gasteiger partial charge in [-0.05, 0) is 37.5 Å². The van der Waals surface area contributed by atoms with Crippen molar-refractivity contribution in [1.29, 1.82) is 0 Å². The summed E-state index contributed by atoms with van der Waals surface area (Å²) in [4.78, 5) is 2.60. The zero-order valence-corrected chi connectivity index (χ0v) is 11.0. The lowest BCUT2D eigenvalue weighted by atomic mass is 9.72. The molecule has 16 heavy (non-hydrogen) atoms. The van der Waals surface area contributed by atoms with Gasteiger partial charge in [-0.2, -0.15) is 0 Å². The van der Waals surface area contributed by atoms with Crippen molar-refractivity contribution in [2.45, 2.75) is 51.7 Å². The van der Waals surface area contributed by atoms with E-state index in [1.807, 2.05) is 0 Å². The molecule has 2 nitrogen and oxygen atoms in total. The fraction of sp³-hybridized carbons (Fsp3) is 1.00. The molecule has 3 fully saturated rings. The summed E-state index contributed by atoms with van der Waals surface area (Å²) in [5, 5.41) is 11.0. The monoisotopic (exact) mass is 223 g/mol. The van der Waals surface area contributed by atoms with Gasteiger partial charge in [-0.25, -0.2) is 0 Å². The molecule has 0 amide bonds. The molecule has 2 aliphatic heterocycles. The van der Waals surface area contributed by atoms with Gasteiger partial charge in [0.25, 0.3) is 0 Å². The predicted molar refractivity (Wildman–Crippen MR) is 65.1 cm³/mol. The van der Waals surface area contributed by atoms with Gasteiger partial charge in [0.15, 0.2) is 0 Å². The summed E-state index contributed by atoms with van der Waals surface area (Å²) in [5.41, 5.74) is -0.123. The Kier molecular flexibility index (Phi) is 2.09.